The molecule has 0 spiro atoms. The summed E-state index contributed by atoms with van der Waals surface area (Å²) in [6.07, 6.45) is 1.38. The molecule has 1 aromatic rings. The second kappa shape index (κ2) is 8.94. The lowest BCUT2D eigenvalue weighted by Gasteiger charge is -2.10. The molecule has 0 saturated carbocycles. The van der Waals surface area contributed by atoms with Crippen molar-refractivity contribution in [2.45, 2.75) is 12.8 Å². The minimum atomic E-state index is 0.0488. The summed E-state index contributed by atoms with van der Waals surface area (Å²) >= 11 is 0. The number of nitrogens with zero attached hydrogens (tertiary/aromatic N) is 2. The molecular formula is C15H22N4O. The van der Waals surface area contributed by atoms with Crippen LogP contribution in [-0.4, -0.2) is 44.5 Å². The predicted octanol–water partition coefficient (Wildman–Crippen LogP) is 1.43. The number of hydrogen-bond donors (Lipinski definition) is 2. The summed E-state index contributed by atoms with van der Waals surface area (Å²) in [7, 11) is 4.03. The molecule has 0 fully saturated rings. The first-order valence-corrected chi connectivity index (χ1v) is 6.77. The van der Waals surface area contributed by atoms with E-state index in [4.69, 9.17) is 5.26 Å². The van der Waals surface area contributed by atoms with Crippen molar-refractivity contribution >= 4 is 11.6 Å². The smallest absolute Gasteiger partial charge is 0.221 e. The van der Waals surface area contributed by atoms with Gasteiger partial charge in [0.1, 0.15) is 0 Å². The monoisotopic (exact) mass is 274 g/mol. The molecule has 5 nitrogen and oxygen atoms in total. The molecule has 0 saturated heterocycles. The van der Waals surface area contributed by atoms with Gasteiger partial charge in [0.15, 0.2) is 0 Å². The molecule has 0 aromatic heterocycles. The number of carbonyl (C=O) groups is 1. The van der Waals surface area contributed by atoms with Gasteiger partial charge in [-0.1, -0.05) is 6.07 Å². The summed E-state index contributed by atoms with van der Waals surface area (Å²) in [4.78, 5) is 13.7. The minimum Gasteiger partial charge on any atom is -0.384 e. The minimum absolute atomic E-state index is 0.0488. The van der Waals surface area contributed by atoms with E-state index >= 15 is 0 Å². The molecule has 0 unspecified atom stereocenters. The zero-order chi connectivity index (χ0) is 14.8. The van der Waals surface area contributed by atoms with Crippen molar-refractivity contribution in [3.63, 3.8) is 0 Å². The van der Waals surface area contributed by atoms with Gasteiger partial charge in [-0.2, -0.15) is 5.26 Å². The highest BCUT2D eigenvalue weighted by Crippen LogP contribution is 2.09. The van der Waals surface area contributed by atoms with E-state index in [2.05, 4.69) is 21.6 Å². The second-order valence-electron chi connectivity index (χ2n) is 4.88. The fraction of sp³-hybridized carbons (Fsp3) is 0.467. The lowest BCUT2D eigenvalue weighted by molar-refractivity contribution is -0.120. The predicted molar refractivity (Wildman–Crippen MR) is 80.4 cm³/mol. The van der Waals surface area contributed by atoms with Gasteiger partial charge in [-0.05, 0) is 45.3 Å². The van der Waals surface area contributed by atoms with Gasteiger partial charge in [0.2, 0.25) is 5.91 Å². The third-order valence-electron chi connectivity index (χ3n) is 2.78. The van der Waals surface area contributed by atoms with E-state index < -0.39 is 0 Å². The Balaban J connectivity index is 2.17. The van der Waals surface area contributed by atoms with Gasteiger partial charge in [0.05, 0.1) is 11.6 Å². The Hall–Kier alpha value is -2.06. The van der Waals surface area contributed by atoms with E-state index in [9.17, 15) is 4.79 Å². The van der Waals surface area contributed by atoms with Gasteiger partial charge in [0.25, 0.3) is 0 Å². The third kappa shape index (κ3) is 6.76. The highest BCUT2D eigenvalue weighted by Gasteiger charge is 2.01. The Labute approximate surface area is 120 Å². The summed E-state index contributed by atoms with van der Waals surface area (Å²) in [5.74, 6) is 0.0488. The van der Waals surface area contributed by atoms with Crippen LogP contribution in [0.5, 0.6) is 0 Å². The van der Waals surface area contributed by atoms with Gasteiger partial charge >= 0.3 is 0 Å². The van der Waals surface area contributed by atoms with Gasteiger partial charge < -0.3 is 15.5 Å². The first kappa shape index (κ1) is 16.0. The zero-order valence-corrected chi connectivity index (χ0v) is 12.1. The Bertz CT molecular complexity index is 465. The van der Waals surface area contributed by atoms with Crippen molar-refractivity contribution in [2.75, 3.05) is 39.0 Å². The molecule has 0 heterocycles. The fourth-order valence-electron chi connectivity index (χ4n) is 1.73. The molecule has 0 aliphatic heterocycles. The molecule has 2 N–H and O–H groups in total. The maximum Gasteiger partial charge on any atom is 0.221 e. The summed E-state index contributed by atoms with van der Waals surface area (Å²) in [5.41, 5.74) is 1.48. The topological polar surface area (TPSA) is 68.2 Å². The van der Waals surface area contributed by atoms with Gasteiger partial charge in [-0.25, -0.2) is 0 Å². The van der Waals surface area contributed by atoms with E-state index in [1.165, 1.54) is 0 Å². The van der Waals surface area contributed by atoms with Crippen LogP contribution in [0, 0.1) is 11.3 Å². The fourth-order valence-corrected chi connectivity index (χ4v) is 1.73. The number of carbonyl (C=O) groups excluding carboxylic acids is 1. The van der Waals surface area contributed by atoms with Crippen LogP contribution in [0.2, 0.25) is 0 Å². The van der Waals surface area contributed by atoms with Gasteiger partial charge in [-0.15, -0.1) is 0 Å². The van der Waals surface area contributed by atoms with E-state index in [1.54, 1.807) is 12.1 Å². The van der Waals surface area contributed by atoms with Crippen LogP contribution in [0.3, 0.4) is 0 Å². The highest BCUT2D eigenvalue weighted by atomic mass is 16.1. The lowest BCUT2D eigenvalue weighted by Crippen LogP contribution is -2.28. The zero-order valence-electron chi connectivity index (χ0n) is 12.1. The summed E-state index contributed by atoms with van der Waals surface area (Å²) < 4.78 is 0. The number of benzene rings is 1. The average Bonchev–Trinajstić information content (AvgIpc) is 2.43. The van der Waals surface area contributed by atoms with Crippen LogP contribution in [-0.2, 0) is 4.79 Å². The number of amides is 1. The Morgan fingerprint density at radius 1 is 1.35 bits per heavy atom. The van der Waals surface area contributed by atoms with Crippen molar-refractivity contribution < 1.29 is 4.79 Å². The average molecular weight is 274 g/mol. The highest BCUT2D eigenvalue weighted by molar-refractivity contribution is 5.76. The summed E-state index contributed by atoms with van der Waals surface area (Å²) in [6.45, 7) is 2.24. The van der Waals surface area contributed by atoms with E-state index in [1.807, 2.05) is 26.2 Å². The molecule has 1 rings (SSSR count). The summed E-state index contributed by atoms with van der Waals surface area (Å²) in [5, 5.41) is 14.8. The van der Waals surface area contributed by atoms with Gasteiger partial charge in [0, 0.05) is 25.2 Å². The van der Waals surface area contributed by atoms with Crippen LogP contribution >= 0.6 is 0 Å². The number of anilines is 1. The number of nitriles is 1. The molecule has 0 radical (unpaired) electrons. The Morgan fingerprint density at radius 3 is 2.85 bits per heavy atom. The van der Waals surface area contributed by atoms with Gasteiger partial charge in [-0.3, -0.25) is 4.79 Å². The molecule has 0 atom stereocenters. The first-order chi connectivity index (χ1) is 9.61. The molecule has 0 bridgehead atoms. The first-order valence-electron chi connectivity index (χ1n) is 6.77. The van der Waals surface area contributed by atoms with E-state index in [-0.39, 0.29) is 5.91 Å². The molecule has 0 aliphatic carbocycles. The molecule has 5 heteroatoms. The molecule has 1 aromatic carbocycles. The van der Waals surface area contributed by atoms with Crippen molar-refractivity contribution in [2.24, 2.45) is 0 Å². The quantitative estimate of drug-likeness (QED) is 0.704. The van der Waals surface area contributed by atoms with E-state index in [0.717, 1.165) is 18.7 Å². The maximum atomic E-state index is 11.6. The summed E-state index contributed by atoms with van der Waals surface area (Å²) in [6, 6.07) is 9.32. The van der Waals surface area contributed by atoms with Crippen LogP contribution in [0.4, 0.5) is 5.69 Å². The molecule has 20 heavy (non-hydrogen) atoms. The molecule has 108 valence electrons. The Kier molecular flexibility index (Phi) is 7.15. The normalized spacial score (nSPS) is 10.1. The maximum absolute atomic E-state index is 11.6. The third-order valence-corrected chi connectivity index (χ3v) is 2.78. The van der Waals surface area contributed by atoms with Crippen molar-refractivity contribution in [1.82, 2.24) is 10.2 Å². The second-order valence-corrected chi connectivity index (χ2v) is 4.88. The lowest BCUT2D eigenvalue weighted by atomic mass is 10.2. The van der Waals surface area contributed by atoms with Crippen LogP contribution in [0.25, 0.3) is 0 Å². The standard InChI is InChI=1S/C15H22N4O/c1-19(2)10-4-8-18-15(20)7-9-17-14-6-3-5-13(11-14)12-16/h3,5-6,11,17H,4,7-10H2,1-2H3,(H,18,20). The van der Waals surface area contributed by atoms with Crippen molar-refractivity contribution in [1.29, 1.82) is 5.26 Å². The number of nitrogens with one attached hydrogen (secondary N) is 2. The van der Waals surface area contributed by atoms with E-state index in [0.29, 0.717) is 25.1 Å². The number of hydrogen-bond acceptors (Lipinski definition) is 4. The van der Waals surface area contributed by atoms with Crippen LogP contribution < -0.4 is 10.6 Å². The molecular weight excluding hydrogens is 252 g/mol. The van der Waals surface area contributed by atoms with Crippen LogP contribution in [0.15, 0.2) is 24.3 Å². The largest absolute Gasteiger partial charge is 0.384 e. The van der Waals surface area contributed by atoms with Crippen molar-refractivity contribution in [3.05, 3.63) is 29.8 Å². The number of rotatable bonds is 8. The SMILES string of the molecule is CN(C)CCCNC(=O)CCNc1cccc(C#N)c1. The molecule has 0 aliphatic rings. The Morgan fingerprint density at radius 2 is 2.15 bits per heavy atom. The van der Waals surface area contributed by atoms with Crippen LogP contribution in [0.1, 0.15) is 18.4 Å². The van der Waals surface area contributed by atoms with Crippen molar-refractivity contribution in [3.8, 4) is 6.07 Å². The molecule has 1 amide bonds.